The van der Waals surface area contributed by atoms with Gasteiger partial charge in [-0.15, -0.1) is 0 Å². The van der Waals surface area contributed by atoms with E-state index in [-0.39, 0.29) is 0 Å². The average Bonchev–Trinajstić information content (AvgIpc) is 2.16. The lowest BCUT2D eigenvalue weighted by Crippen LogP contribution is -2.21. The quantitative estimate of drug-likeness (QED) is 0.810. The second-order valence-corrected chi connectivity index (χ2v) is 4.50. The van der Waals surface area contributed by atoms with Crippen molar-refractivity contribution in [2.24, 2.45) is 0 Å². The van der Waals surface area contributed by atoms with Crippen LogP contribution in [0.25, 0.3) is 10.8 Å². The molecule has 0 aliphatic carbocycles. The lowest BCUT2D eigenvalue weighted by molar-refractivity contribution is 0.0813. The van der Waals surface area contributed by atoms with Gasteiger partial charge in [-0.1, -0.05) is 18.2 Å². The van der Waals surface area contributed by atoms with E-state index >= 15 is 0 Å². The van der Waals surface area contributed by atoms with E-state index in [0.717, 1.165) is 5.39 Å². The van der Waals surface area contributed by atoms with Gasteiger partial charge in [-0.05, 0) is 30.9 Å². The maximum Gasteiger partial charge on any atom is 0.0632 e. The van der Waals surface area contributed by atoms with Crippen molar-refractivity contribution in [3.63, 3.8) is 0 Å². The smallest absolute Gasteiger partial charge is 0.0632 e. The maximum absolute atomic E-state index is 9.81. The van der Waals surface area contributed by atoms with Crippen molar-refractivity contribution >= 4 is 10.8 Å². The Morgan fingerprint density at radius 1 is 1.27 bits per heavy atom. The number of rotatable bonds is 2. The van der Waals surface area contributed by atoms with Crippen LogP contribution < -0.4 is 0 Å². The minimum Gasteiger partial charge on any atom is -0.390 e. The molecule has 0 radical (unpaired) electrons. The third-order valence-electron chi connectivity index (χ3n) is 2.39. The van der Waals surface area contributed by atoms with Gasteiger partial charge in [0.2, 0.25) is 0 Å². The summed E-state index contributed by atoms with van der Waals surface area (Å²) >= 11 is 0. The van der Waals surface area contributed by atoms with Gasteiger partial charge in [-0.3, -0.25) is 4.98 Å². The van der Waals surface area contributed by atoms with Crippen LogP contribution in [-0.2, 0) is 6.42 Å². The summed E-state index contributed by atoms with van der Waals surface area (Å²) in [5.41, 5.74) is 0.500. The molecule has 0 aliphatic rings. The number of nitrogens with zero attached hydrogens (tertiary/aromatic N) is 1. The summed E-state index contributed by atoms with van der Waals surface area (Å²) in [5.74, 6) is 0. The molecule has 0 unspecified atom stereocenters. The van der Waals surface area contributed by atoms with Crippen molar-refractivity contribution in [3.05, 3.63) is 42.2 Å². The largest absolute Gasteiger partial charge is 0.390 e. The van der Waals surface area contributed by atoms with Gasteiger partial charge in [0.05, 0.1) is 5.60 Å². The Kier molecular flexibility index (Phi) is 2.45. The molecule has 2 heteroatoms. The topological polar surface area (TPSA) is 33.1 Å². The van der Waals surface area contributed by atoms with E-state index in [1.165, 1.54) is 10.9 Å². The minimum absolute atomic E-state index is 0.661. The van der Waals surface area contributed by atoms with E-state index in [9.17, 15) is 5.11 Å². The van der Waals surface area contributed by atoms with Gasteiger partial charge in [-0.25, -0.2) is 0 Å². The van der Waals surface area contributed by atoms with E-state index in [2.05, 4.69) is 11.1 Å². The van der Waals surface area contributed by atoms with Crippen LogP contribution in [0.2, 0.25) is 0 Å². The van der Waals surface area contributed by atoms with Gasteiger partial charge in [0.25, 0.3) is 0 Å². The molecule has 0 bridgehead atoms. The molecular formula is C13H15NO. The van der Waals surface area contributed by atoms with E-state index in [4.69, 9.17) is 0 Å². The fraction of sp³-hybridized carbons (Fsp3) is 0.308. The van der Waals surface area contributed by atoms with Crippen molar-refractivity contribution < 1.29 is 5.11 Å². The van der Waals surface area contributed by atoms with Crippen LogP contribution in [0, 0.1) is 0 Å². The Hall–Kier alpha value is -1.41. The Bertz CT molecular complexity index is 466. The van der Waals surface area contributed by atoms with Crippen molar-refractivity contribution in [1.29, 1.82) is 0 Å². The van der Waals surface area contributed by atoms with Crippen LogP contribution in [-0.4, -0.2) is 15.7 Å². The number of fused-ring (bicyclic) bond motifs is 1. The van der Waals surface area contributed by atoms with Crippen molar-refractivity contribution in [1.82, 2.24) is 4.98 Å². The van der Waals surface area contributed by atoms with E-state index < -0.39 is 5.60 Å². The summed E-state index contributed by atoms with van der Waals surface area (Å²) in [6.45, 7) is 3.65. The summed E-state index contributed by atoms with van der Waals surface area (Å²) in [6, 6.07) is 8.10. The molecule has 1 heterocycles. The van der Waals surface area contributed by atoms with E-state index in [1.807, 2.05) is 38.2 Å². The van der Waals surface area contributed by atoms with Gasteiger partial charge in [0.15, 0.2) is 0 Å². The molecule has 0 spiro atoms. The van der Waals surface area contributed by atoms with Gasteiger partial charge < -0.3 is 5.11 Å². The number of pyridine rings is 1. The molecule has 1 N–H and O–H groups in total. The summed E-state index contributed by atoms with van der Waals surface area (Å²) < 4.78 is 0. The lowest BCUT2D eigenvalue weighted by atomic mass is 9.95. The molecular weight excluding hydrogens is 186 g/mol. The molecule has 2 aromatic rings. The highest BCUT2D eigenvalue weighted by Crippen LogP contribution is 2.21. The highest BCUT2D eigenvalue weighted by Gasteiger charge is 2.14. The maximum atomic E-state index is 9.81. The average molecular weight is 201 g/mol. The normalized spacial score (nSPS) is 11.9. The Balaban J connectivity index is 2.52. The van der Waals surface area contributed by atoms with Gasteiger partial charge in [0.1, 0.15) is 0 Å². The van der Waals surface area contributed by atoms with E-state index in [1.54, 1.807) is 6.20 Å². The molecule has 2 rings (SSSR count). The summed E-state index contributed by atoms with van der Waals surface area (Å²) in [7, 11) is 0. The Labute approximate surface area is 89.6 Å². The fourth-order valence-electron chi connectivity index (χ4n) is 1.81. The van der Waals surface area contributed by atoms with Gasteiger partial charge in [-0.2, -0.15) is 0 Å². The van der Waals surface area contributed by atoms with Crippen LogP contribution in [0.5, 0.6) is 0 Å². The molecule has 1 aromatic heterocycles. The van der Waals surface area contributed by atoms with Crippen molar-refractivity contribution in [3.8, 4) is 0 Å². The number of benzene rings is 1. The zero-order valence-electron chi connectivity index (χ0n) is 9.07. The standard InChI is InChI=1S/C13H15NO/c1-13(2,15)8-10-4-3-5-11-9-14-7-6-12(10)11/h3-7,9,15H,8H2,1-2H3. The second kappa shape index (κ2) is 3.63. The highest BCUT2D eigenvalue weighted by atomic mass is 16.3. The van der Waals surface area contributed by atoms with Gasteiger partial charge >= 0.3 is 0 Å². The van der Waals surface area contributed by atoms with Crippen molar-refractivity contribution in [2.75, 3.05) is 0 Å². The molecule has 0 saturated carbocycles. The van der Waals surface area contributed by atoms with Crippen LogP contribution >= 0.6 is 0 Å². The first-order valence-electron chi connectivity index (χ1n) is 5.10. The molecule has 0 atom stereocenters. The molecule has 0 aliphatic heterocycles. The van der Waals surface area contributed by atoms with Crippen LogP contribution in [0.3, 0.4) is 0 Å². The van der Waals surface area contributed by atoms with Gasteiger partial charge in [0, 0.05) is 24.2 Å². The number of hydrogen-bond acceptors (Lipinski definition) is 2. The molecule has 78 valence electrons. The zero-order chi connectivity index (χ0) is 10.9. The van der Waals surface area contributed by atoms with Crippen LogP contribution in [0.4, 0.5) is 0 Å². The SMILES string of the molecule is CC(C)(O)Cc1cccc2cnccc12. The molecule has 0 saturated heterocycles. The first-order valence-corrected chi connectivity index (χ1v) is 5.10. The number of aromatic nitrogens is 1. The second-order valence-electron chi connectivity index (χ2n) is 4.50. The molecule has 1 aromatic carbocycles. The third-order valence-corrected chi connectivity index (χ3v) is 2.39. The zero-order valence-corrected chi connectivity index (χ0v) is 9.07. The predicted octanol–water partition coefficient (Wildman–Crippen LogP) is 2.55. The predicted molar refractivity (Wildman–Crippen MR) is 61.7 cm³/mol. The molecule has 0 fully saturated rings. The fourth-order valence-corrected chi connectivity index (χ4v) is 1.81. The van der Waals surface area contributed by atoms with E-state index in [0.29, 0.717) is 6.42 Å². The molecule has 0 amide bonds. The number of aliphatic hydroxyl groups is 1. The van der Waals surface area contributed by atoms with Crippen molar-refractivity contribution in [2.45, 2.75) is 25.9 Å². The Morgan fingerprint density at radius 3 is 2.80 bits per heavy atom. The minimum atomic E-state index is -0.669. The van der Waals surface area contributed by atoms with Crippen LogP contribution in [0.1, 0.15) is 19.4 Å². The lowest BCUT2D eigenvalue weighted by Gasteiger charge is -2.18. The monoisotopic (exact) mass is 201 g/mol. The first-order chi connectivity index (χ1) is 7.06. The summed E-state index contributed by atoms with van der Waals surface area (Å²) in [6.07, 6.45) is 4.30. The Morgan fingerprint density at radius 2 is 2.07 bits per heavy atom. The highest BCUT2D eigenvalue weighted by molar-refractivity contribution is 5.84. The molecule has 2 nitrogen and oxygen atoms in total. The third kappa shape index (κ3) is 2.34. The number of hydrogen-bond donors (Lipinski definition) is 1. The molecule has 15 heavy (non-hydrogen) atoms. The first kappa shape index (κ1) is 10.1. The van der Waals surface area contributed by atoms with Crippen LogP contribution in [0.15, 0.2) is 36.7 Å². The summed E-state index contributed by atoms with van der Waals surface area (Å²) in [5, 5.41) is 12.1. The summed E-state index contributed by atoms with van der Waals surface area (Å²) in [4.78, 5) is 4.09.